The van der Waals surface area contributed by atoms with Crippen LogP contribution in [0.15, 0.2) is 73.2 Å². The molecule has 35 heavy (non-hydrogen) atoms. The lowest BCUT2D eigenvalue weighted by Gasteiger charge is -2.38. The minimum atomic E-state index is -0.238. The lowest BCUT2D eigenvalue weighted by atomic mass is 9.87. The molecule has 0 fully saturated rings. The number of hydrogen-bond donors (Lipinski definition) is 0. The number of carbonyl (C=O) groups is 1. The van der Waals surface area contributed by atoms with Crippen LogP contribution in [0.25, 0.3) is 0 Å². The number of amides is 1. The molecular weight excluding hydrogens is 442 g/mol. The first kappa shape index (κ1) is 21.3. The van der Waals surface area contributed by atoms with Crippen molar-refractivity contribution in [1.82, 2.24) is 24.9 Å². The highest BCUT2D eigenvalue weighted by Crippen LogP contribution is 2.38. The molecule has 4 aromatic rings. The number of rotatable bonds is 1. The van der Waals surface area contributed by atoms with E-state index in [1.165, 1.54) is 5.56 Å². The molecule has 0 aliphatic carbocycles. The largest absolute Gasteiger partial charge is 0.494 e. The molecule has 0 saturated carbocycles. The van der Waals surface area contributed by atoms with E-state index in [1.807, 2.05) is 46.1 Å². The van der Waals surface area contributed by atoms with E-state index in [9.17, 15) is 4.79 Å². The Labute approximate surface area is 203 Å². The summed E-state index contributed by atoms with van der Waals surface area (Å²) in [4.78, 5) is 19.7. The summed E-state index contributed by atoms with van der Waals surface area (Å²) in [6.07, 6.45) is 6.75. The Morgan fingerprint density at radius 2 is 1.94 bits per heavy atom. The van der Waals surface area contributed by atoms with Crippen LogP contribution < -0.4 is 9.47 Å². The van der Waals surface area contributed by atoms with Crippen molar-refractivity contribution in [1.29, 1.82) is 0 Å². The summed E-state index contributed by atoms with van der Waals surface area (Å²) >= 11 is 0. The summed E-state index contributed by atoms with van der Waals surface area (Å²) in [5, 5.41) is 8.41. The third kappa shape index (κ3) is 4.35. The molecule has 1 amide bonds. The molecule has 7 rings (SSSR count). The van der Waals surface area contributed by atoms with Crippen LogP contribution in [0.5, 0.6) is 11.5 Å². The van der Waals surface area contributed by atoms with Gasteiger partial charge >= 0.3 is 0 Å². The second-order valence-corrected chi connectivity index (χ2v) is 8.79. The standard InChI is InChI=1S/C27H25N5O3/c33-27(21-5-2-10-28-16-21)32-12-9-19-14-24-7-8-25(19)26(32)20-4-1-6-23(15-20)34-13-3-11-31-17-22(18-35-24)29-30-31/h1-2,4-8,10,14-17,26H,3,9,11-13,18H2/t26-/m0/s1. The molecule has 3 aliphatic rings. The molecule has 0 saturated heterocycles. The van der Waals surface area contributed by atoms with Crippen molar-refractivity contribution in [3.63, 3.8) is 0 Å². The zero-order chi connectivity index (χ0) is 23.6. The highest BCUT2D eigenvalue weighted by atomic mass is 16.5. The molecule has 8 bridgehead atoms. The predicted octanol–water partition coefficient (Wildman–Crippen LogP) is 3.82. The number of benzene rings is 2. The Morgan fingerprint density at radius 1 is 1.00 bits per heavy atom. The maximum Gasteiger partial charge on any atom is 0.256 e. The fourth-order valence-corrected chi connectivity index (χ4v) is 4.79. The number of nitrogens with zero attached hydrogens (tertiary/aromatic N) is 5. The first-order valence-electron chi connectivity index (χ1n) is 11.8. The summed E-state index contributed by atoms with van der Waals surface area (Å²) in [6, 6.07) is 17.5. The summed E-state index contributed by atoms with van der Waals surface area (Å²) < 4.78 is 13.9. The monoisotopic (exact) mass is 467 g/mol. The third-order valence-corrected chi connectivity index (χ3v) is 6.46. The van der Waals surface area contributed by atoms with E-state index in [-0.39, 0.29) is 11.9 Å². The molecule has 5 heterocycles. The van der Waals surface area contributed by atoms with E-state index in [4.69, 9.17) is 9.47 Å². The van der Waals surface area contributed by atoms with E-state index in [0.29, 0.717) is 31.9 Å². The van der Waals surface area contributed by atoms with Gasteiger partial charge in [0.15, 0.2) is 0 Å². The van der Waals surface area contributed by atoms with Gasteiger partial charge in [0.1, 0.15) is 23.8 Å². The maximum atomic E-state index is 13.6. The van der Waals surface area contributed by atoms with E-state index < -0.39 is 0 Å². The fourth-order valence-electron chi connectivity index (χ4n) is 4.79. The van der Waals surface area contributed by atoms with E-state index >= 15 is 0 Å². The van der Waals surface area contributed by atoms with Crippen molar-refractivity contribution in [2.45, 2.75) is 32.0 Å². The number of carbonyl (C=O) groups excluding carboxylic acids is 1. The zero-order valence-electron chi connectivity index (χ0n) is 19.2. The number of fused-ring (bicyclic) bond motifs is 5. The number of ether oxygens (including phenoxy) is 2. The highest BCUT2D eigenvalue weighted by Gasteiger charge is 2.33. The van der Waals surface area contributed by atoms with Crippen LogP contribution in [0.4, 0.5) is 0 Å². The summed E-state index contributed by atoms with van der Waals surface area (Å²) in [5.41, 5.74) is 4.64. The Morgan fingerprint density at radius 3 is 2.86 bits per heavy atom. The molecule has 0 radical (unpaired) electrons. The average molecular weight is 468 g/mol. The first-order valence-corrected chi connectivity index (χ1v) is 11.8. The molecule has 2 aromatic carbocycles. The van der Waals surface area contributed by atoms with Crippen molar-refractivity contribution in [3.8, 4) is 11.5 Å². The minimum absolute atomic E-state index is 0.0336. The first-order chi connectivity index (χ1) is 17.2. The Bertz CT molecular complexity index is 1350. The Balaban J connectivity index is 1.42. The Hall–Kier alpha value is -4.20. The van der Waals surface area contributed by atoms with E-state index in [0.717, 1.165) is 41.2 Å². The van der Waals surface area contributed by atoms with Crippen molar-refractivity contribution in [2.75, 3.05) is 13.2 Å². The molecule has 8 heteroatoms. The van der Waals surface area contributed by atoms with Gasteiger partial charge in [-0.3, -0.25) is 14.5 Å². The molecule has 176 valence electrons. The Kier molecular flexibility index (Phi) is 5.62. The number of hydrogen-bond acceptors (Lipinski definition) is 6. The van der Waals surface area contributed by atoms with E-state index in [1.54, 1.807) is 18.5 Å². The maximum absolute atomic E-state index is 13.6. The SMILES string of the molecule is O=C(c1cccnc1)N1CCc2cc3ccc2[C@@H]1c1cccc(c1)OCCCn1cc(nn1)CO3. The zero-order valence-corrected chi connectivity index (χ0v) is 19.2. The van der Waals surface area contributed by atoms with Crippen LogP contribution in [-0.4, -0.2) is 43.9 Å². The third-order valence-electron chi connectivity index (χ3n) is 6.46. The fraction of sp³-hybridized carbons (Fsp3) is 0.259. The van der Waals surface area contributed by atoms with Gasteiger partial charge in [-0.15, -0.1) is 5.10 Å². The van der Waals surface area contributed by atoms with Crippen LogP contribution in [0.1, 0.15) is 45.2 Å². The molecule has 1 atom stereocenters. The van der Waals surface area contributed by atoms with Gasteiger partial charge in [0.2, 0.25) is 0 Å². The molecular formula is C27H25N5O3. The summed E-state index contributed by atoms with van der Waals surface area (Å²) in [6.45, 7) is 2.21. The van der Waals surface area contributed by atoms with Crippen molar-refractivity contribution < 1.29 is 14.3 Å². The highest BCUT2D eigenvalue weighted by molar-refractivity contribution is 5.94. The molecule has 0 spiro atoms. The second kappa shape index (κ2) is 9.21. The van der Waals surface area contributed by atoms with Crippen molar-refractivity contribution >= 4 is 5.91 Å². The van der Waals surface area contributed by atoms with Crippen LogP contribution >= 0.6 is 0 Å². The lowest BCUT2D eigenvalue weighted by molar-refractivity contribution is 0.0693. The number of pyridine rings is 1. The second-order valence-electron chi connectivity index (χ2n) is 8.79. The molecule has 0 N–H and O–H groups in total. The van der Waals surface area contributed by atoms with Gasteiger partial charge in [-0.1, -0.05) is 23.4 Å². The van der Waals surface area contributed by atoms with Crippen molar-refractivity contribution in [2.24, 2.45) is 0 Å². The quantitative estimate of drug-likeness (QED) is 0.423. The average Bonchev–Trinajstić information content (AvgIpc) is 3.37. The van der Waals surface area contributed by atoms with Gasteiger partial charge in [0.25, 0.3) is 5.91 Å². The molecule has 3 aliphatic heterocycles. The van der Waals surface area contributed by atoms with Gasteiger partial charge in [0.05, 0.1) is 24.4 Å². The summed E-state index contributed by atoms with van der Waals surface area (Å²) in [7, 11) is 0. The lowest BCUT2D eigenvalue weighted by Crippen LogP contribution is -2.40. The van der Waals surface area contributed by atoms with Crippen LogP contribution in [0.2, 0.25) is 0 Å². The van der Waals surface area contributed by atoms with Crippen LogP contribution in [0.3, 0.4) is 0 Å². The number of aromatic nitrogens is 4. The van der Waals surface area contributed by atoms with Crippen molar-refractivity contribution in [3.05, 3.63) is 101 Å². The normalized spacial score (nSPS) is 17.3. The van der Waals surface area contributed by atoms with E-state index in [2.05, 4.69) is 33.5 Å². The molecule has 2 aromatic heterocycles. The van der Waals surface area contributed by atoms with Gasteiger partial charge in [0, 0.05) is 31.9 Å². The van der Waals surface area contributed by atoms with Crippen LogP contribution in [0, 0.1) is 0 Å². The minimum Gasteiger partial charge on any atom is -0.494 e. The smallest absolute Gasteiger partial charge is 0.256 e. The number of aryl methyl sites for hydroxylation is 1. The van der Waals surface area contributed by atoms with Gasteiger partial charge < -0.3 is 14.4 Å². The van der Waals surface area contributed by atoms with Gasteiger partial charge in [-0.2, -0.15) is 0 Å². The van der Waals surface area contributed by atoms with Crippen LogP contribution in [-0.2, 0) is 19.6 Å². The van der Waals surface area contributed by atoms with Gasteiger partial charge in [-0.05, 0) is 59.5 Å². The topological polar surface area (TPSA) is 82.4 Å². The predicted molar refractivity (Wildman–Crippen MR) is 128 cm³/mol. The molecule has 8 nitrogen and oxygen atoms in total. The summed E-state index contributed by atoms with van der Waals surface area (Å²) in [5.74, 6) is 1.53. The van der Waals surface area contributed by atoms with Gasteiger partial charge in [-0.25, -0.2) is 0 Å². The molecule has 0 unspecified atom stereocenters.